The molecule has 0 amide bonds. The first kappa shape index (κ1) is 9.53. The van der Waals surface area contributed by atoms with Gasteiger partial charge in [-0.2, -0.15) is 0 Å². The molecule has 1 unspecified atom stereocenters. The highest BCUT2D eigenvalue weighted by molar-refractivity contribution is 5.55. The molecule has 76 valence electrons. The van der Waals surface area contributed by atoms with Gasteiger partial charge in [-0.15, -0.1) is 0 Å². The molecule has 0 aromatic heterocycles. The summed E-state index contributed by atoms with van der Waals surface area (Å²) in [5.41, 5.74) is 2.84. The van der Waals surface area contributed by atoms with Crippen LogP contribution in [0.1, 0.15) is 18.9 Å². The Morgan fingerprint density at radius 2 is 2.00 bits per heavy atom. The molecular formula is C12H18N2. The molecule has 1 aliphatic heterocycles. The zero-order chi connectivity index (χ0) is 10.1. The number of hydrazine groups is 1. The Bertz CT molecular complexity index is 320. The second-order valence-electron chi connectivity index (χ2n) is 4.21. The molecule has 1 atom stereocenters. The number of anilines is 1. The second-order valence-corrected chi connectivity index (χ2v) is 4.21. The Labute approximate surface area is 86.1 Å². The fourth-order valence-corrected chi connectivity index (χ4v) is 2.28. The van der Waals surface area contributed by atoms with Crippen molar-refractivity contribution in [2.45, 2.75) is 25.8 Å². The second kappa shape index (κ2) is 3.62. The Morgan fingerprint density at radius 3 is 2.71 bits per heavy atom. The quantitative estimate of drug-likeness (QED) is 0.670. The van der Waals surface area contributed by atoms with Gasteiger partial charge in [0.2, 0.25) is 0 Å². The van der Waals surface area contributed by atoms with Crippen molar-refractivity contribution in [1.29, 1.82) is 0 Å². The lowest BCUT2D eigenvalue weighted by atomic mass is 9.98. The average Bonchev–Trinajstić information content (AvgIpc) is 2.17. The van der Waals surface area contributed by atoms with Crippen LogP contribution >= 0.6 is 0 Å². The summed E-state index contributed by atoms with van der Waals surface area (Å²) in [6, 6.07) is 9.30. The summed E-state index contributed by atoms with van der Waals surface area (Å²) in [6.45, 7) is 2.29. The highest BCUT2D eigenvalue weighted by Crippen LogP contribution is 2.30. The molecule has 0 saturated heterocycles. The molecule has 2 heteroatoms. The van der Waals surface area contributed by atoms with E-state index in [9.17, 15) is 0 Å². The van der Waals surface area contributed by atoms with Crippen molar-refractivity contribution in [3.8, 4) is 0 Å². The molecule has 0 aliphatic carbocycles. The van der Waals surface area contributed by atoms with Gasteiger partial charge >= 0.3 is 0 Å². The van der Waals surface area contributed by atoms with E-state index in [0.29, 0.717) is 6.04 Å². The van der Waals surface area contributed by atoms with Crippen molar-refractivity contribution in [2.24, 2.45) is 0 Å². The highest BCUT2D eigenvalue weighted by atomic mass is 15.6. The molecular weight excluding hydrogens is 172 g/mol. The third kappa shape index (κ3) is 1.50. The van der Waals surface area contributed by atoms with Crippen LogP contribution in [0.5, 0.6) is 0 Å². The van der Waals surface area contributed by atoms with Crippen LogP contribution in [0.4, 0.5) is 5.69 Å². The SMILES string of the molecule is CC1CCc2ccccc2N1N(C)C. The number of aryl methyl sites for hydroxylation is 1. The van der Waals surface area contributed by atoms with Gasteiger partial charge in [-0.25, -0.2) is 5.01 Å². The standard InChI is InChI=1S/C12H18N2/c1-10-8-9-11-6-4-5-7-12(11)14(10)13(2)3/h4-7,10H,8-9H2,1-3H3. The van der Waals surface area contributed by atoms with Gasteiger partial charge in [-0.3, -0.25) is 0 Å². The summed E-state index contributed by atoms with van der Waals surface area (Å²) in [7, 11) is 4.22. The van der Waals surface area contributed by atoms with Crippen LogP contribution in [-0.4, -0.2) is 25.1 Å². The summed E-state index contributed by atoms with van der Waals surface area (Å²) >= 11 is 0. The van der Waals surface area contributed by atoms with Gasteiger partial charge in [0.05, 0.1) is 5.69 Å². The molecule has 1 aliphatic rings. The molecule has 2 rings (SSSR count). The van der Waals surface area contributed by atoms with Crippen LogP contribution in [0.2, 0.25) is 0 Å². The lowest BCUT2D eigenvalue weighted by Gasteiger charge is -2.41. The Kier molecular flexibility index (Phi) is 2.46. The number of rotatable bonds is 1. The minimum absolute atomic E-state index is 0.611. The van der Waals surface area contributed by atoms with Crippen LogP contribution in [0.15, 0.2) is 24.3 Å². The van der Waals surface area contributed by atoms with Gasteiger partial charge in [0, 0.05) is 20.1 Å². The lowest BCUT2D eigenvalue weighted by molar-refractivity contribution is 0.314. The predicted octanol–water partition coefficient (Wildman–Crippen LogP) is 2.30. The van der Waals surface area contributed by atoms with E-state index in [1.165, 1.54) is 24.1 Å². The van der Waals surface area contributed by atoms with Crippen LogP contribution in [-0.2, 0) is 6.42 Å². The molecule has 2 nitrogen and oxygen atoms in total. The van der Waals surface area contributed by atoms with Crippen LogP contribution in [0.25, 0.3) is 0 Å². The first-order valence-electron chi connectivity index (χ1n) is 5.24. The molecule has 0 radical (unpaired) electrons. The molecule has 0 bridgehead atoms. The number of nitrogens with zero attached hydrogens (tertiary/aromatic N) is 2. The van der Waals surface area contributed by atoms with E-state index in [4.69, 9.17) is 0 Å². The maximum Gasteiger partial charge on any atom is 0.0557 e. The molecule has 0 saturated carbocycles. The molecule has 14 heavy (non-hydrogen) atoms. The van der Waals surface area contributed by atoms with E-state index >= 15 is 0 Å². The van der Waals surface area contributed by atoms with E-state index < -0.39 is 0 Å². The average molecular weight is 190 g/mol. The van der Waals surface area contributed by atoms with E-state index in [1.54, 1.807) is 0 Å². The number of benzene rings is 1. The summed E-state index contributed by atoms with van der Waals surface area (Å²) in [6.07, 6.45) is 2.46. The fourth-order valence-electron chi connectivity index (χ4n) is 2.28. The summed E-state index contributed by atoms with van der Waals surface area (Å²) in [5, 5.41) is 4.56. The predicted molar refractivity (Wildman–Crippen MR) is 60.4 cm³/mol. The van der Waals surface area contributed by atoms with Crippen molar-refractivity contribution in [3.63, 3.8) is 0 Å². The Balaban J connectivity index is 2.41. The van der Waals surface area contributed by atoms with Gasteiger partial charge in [0.1, 0.15) is 0 Å². The minimum Gasteiger partial charge on any atom is -0.303 e. The molecule has 0 spiro atoms. The summed E-state index contributed by atoms with van der Waals surface area (Å²) in [5.74, 6) is 0. The lowest BCUT2D eigenvalue weighted by Crippen LogP contribution is -2.46. The molecule has 0 N–H and O–H groups in total. The molecule has 0 fully saturated rings. The topological polar surface area (TPSA) is 6.48 Å². The Hall–Kier alpha value is -1.02. The highest BCUT2D eigenvalue weighted by Gasteiger charge is 2.23. The summed E-state index contributed by atoms with van der Waals surface area (Å²) < 4.78 is 0. The van der Waals surface area contributed by atoms with Crippen molar-refractivity contribution in [2.75, 3.05) is 19.1 Å². The first-order chi connectivity index (χ1) is 6.70. The van der Waals surface area contributed by atoms with Crippen molar-refractivity contribution in [3.05, 3.63) is 29.8 Å². The van der Waals surface area contributed by atoms with Crippen LogP contribution < -0.4 is 5.01 Å². The number of hydrogen-bond donors (Lipinski definition) is 0. The van der Waals surface area contributed by atoms with Gasteiger partial charge in [-0.05, 0) is 31.4 Å². The van der Waals surface area contributed by atoms with Gasteiger partial charge in [0.15, 0.2) is 0 Å². The number of fused-ring (bicyclic) bond motifs is 1. The van der Waals surface area contributed by atoms with Crippen molar-refractivity contribution < 1.29 is 0 Å². The smallest absolute Gasteiger partial charge is 0.0557 e. The Morgan fingerprint density at radius 1 is 1.29 bits per heavy atom. The van der Waals surface area contributed by atoms with Crippen molar-refractivity contribution in [1.82, 2.24) is 5.01 Å². The minimum atomic E-state index is 0.611. The van der Waals surface area contributed by atoms with Crippen LogP contribution in [0.3, 0.4) is 0 Å². The third-order valence-electron chi connectivity index (χ3n) is 2.92. The molecule has 1 heterocycles. The van der Waals surface area contributed by atoms with Crippen molar-refractivity contribution >= 4 is 5.69 Å². The fraction of sp³-hybridized carbons (Fsp3) is 0.500. The molecule has 1 aromatic carbocycles. The van der Waals surface area contributed by atoms with E-state index in [2.05, 4.69) is 55.3 Å². The zero-order valence-electron chi connectivity index (χ0n) is 9.20. The zero-order valence-corrected chi connectivity index (χ0v) is 9.20. The monoisotopic (exact) mass is 190 g/mol. The maximum absolute atomic E-state index is 2.37. The number of para-hydroxylation sites is 1. The third-order valence-corrected chi connectivity index (χ3v) is 2.92. The van der Waals surface area contributed by atoms with E-state index in [-0.39, 0.29) is 0 Å². The van der Waals surface area contributed by atoms with Gasteiger partial charge in [-0.1, -0.05) is 18.2 Å². The van der Waals surface area contributed by atoms with Crippen LogP contribution in [0, 0.1) is 0 Å². The van der Waals surface area contributed by atoms with E-state index in [0.717, 1.165) is 0 Å². The van der Waals surface area contributed by atoms with Gasteiger partial charge in [0.25, 0.3) is 0 Å². The normalized spacial score (nSPS) is 21.1. The largest absolute Gasteiger partial charge is 0.303 e. The van der Waals surface area contributed by atoms with E-state index in [1.807, 2.05) is 0 Å². The molecule has 1 aromatic rings. The first-order valence-corrected chi connectivity index (χ1v) is 5.24. The van der Waals surface area contributed by atoms with Gasteiger partial charge < -0.3 is 5.01 Å². The summed E-state index contributed by atoms with van der Waals surface area (Å²) in [4.78, 5) is 0. The number of hydrogen-bond acceptors (Lipinski definition) is 2. The maximum atomic E-state index is 2.37.